The zero-order valence-corrected chi connectivity index (χ0v) is 18.5. The summed E-state index contributed by atoms with van der Waals surface area (Å²) in [6.45, 7) is 2.77. The number of aromatic amines is 1. The van der Waals surface area contributed by atoms with Gasteiger partial charge < -0.3 is 15.0 Å². The van der Waals surface area contributed by atoms with Crippen LogP contribution in [0.3, 0.4) is 0 Å². The summed E-state index contributed by atoms with van der Waals surface area (Å²) in [6.07, 6.45) is 2.06. The van der Waals surface area contributed by atoms with E-state index in [1.165, 1.54) is 0 Å². The normalized spacial score (nSPS) is 10.6. The van der Waals surface area contributed by atoms with Crippen LogP contribution in [0.15, 0.2) is 95.8 Å². The second kappa shape index (κ2) is 10.5. The van der Waals surface area contributed by atoms with E-state index >= 15 is 0 Å². The number of rotatable bonds is 8. The molecule has 0 radical (unpaired) electrons. The molecule has 2 N–H and O–H groups in total. The van der Waals surface area contributed by atoms with E-state index in [2.05, 4.69) is 29.4 Å². The summed E-state index contributed by atoms with van der Waals surface area (Å²) in [5.41, 5.74) is 3.98. The minimum atomic E-state index is -0.457. The number of carbonyl (C=O) groups is 1. The molecule has 166 valence electrons. The highest BCUT2D eigenvalue weighted by molar-refractivity contribution is 6.04. The molecule has 0 spiro atoms. The number of anilines is 1. The van der Waals surface area contributed by atoms with Crippen molar-refractivity contribution in [1.82, 2.24) is 4.98 Å². The van der Waals surface area contributed by atoms with Gasteiger partial charge in [0.1, 0.15) is 11.3 Å². The Hall–Kier alpha value is -4.12. The fraction of sp³-hybridized carbons (Fsp3) is 0.143. The van der Waals surface area contributed by atoms with Crippen LogP contribution in [0.2, 0.25) is 0 Å². The first kappa shape index (κ1) is 22.1. The zero-order valence-electron chi connectivity index (χ0n) is 18.5. The summed E-state index contributed by atoms with van der Waals surface area (Å²) in [5, 5.41) is 2.76. The summed E-state index contributed by atoms with van der Waals surface area (Å²) in [6, 6.07) is 28.5. The number of carbonyl (C=O) groups excluding carboxylic acids is 1. The van der Waals surface area contributed by atoms with Gasteiger partial charge in [-0.3, -0.25) is 9.59 Å². The van der Waals surface area contributed by atoms with E-state index in [1.807, 2.05) is 42.5 Å². The van der Waals surface area contributed by atoms with E-state index in [0.717, 1.165) is 35.3 Å². The number of amides is 1. The molecule has 0 aliphatic carbocycles. The maximum absolute atomic E-state index is 12.6. The smallest absolute Gasteiger partial charge is 0.261 e. The molecule has 0 aliphatic heterocycles. The lowest BCUT2D eigenvalue weighted by Gasteiger charge is -2.09. The number of nitrogens with one attached hydrogen (secondary N) is 2. The molecule has 5 heteroatoms. The van der Waals surface area contributed by atoms with Crippen LogP contribution in [0.1, 0.15) is 30.1 Å². The Morgan fingerprint density at radius 1 is 0.818 bits per heavy atom. The molecule has 1 amide bonds. The average molecular weight is 439 g/mol. The van der Waals surface area contributed by atoms with Crippen LogP contribution in [-0.2, 0) is 0 Å². The second-order valence-corrected chi connectivity index (χ2v) is 7.74. The van der Waals surface area contributed by atoms with Crippen LogP contribution in [-0.4, -0.2) is 17.5 Å². The van der Waals surface area contributed by atoms with Crippen molar-refractivity contribution in [3.63, 3.8) is 0 Å². The first-order valence-electron chi connectivity index (χ1n) is 11.1. The van der Waals surface area contributed by atoms with Gasteiger partial charge in [0.15, 0.2) is 0 Å². The Balaban J connectivity index is 1.44. The molecule has 33 heavy (non-hydrogen) atoms. The second-order valence-electron chi connectivity index (χ2n) is 7.74. The van der Waals surface area contributed by atoms with E-state index in [1.54, 1.807) is 36.4 Å². The van der Waals surface area contributed by atoms with E-state index < -0.39 is 11.5 Å². The van der Waals surface area contributed by atoms with Crippen LogP contribution < -0.4 is 15.6 Å². The molecule has 0 fully saturated rings. The number of ether oxygens (including phenoxy) is 1. The molecule has 3 aromatic carbocycles. The minimum Gasteiger partial charge on any atom is -0.494 e. The molecular weight excluding hydrogens is 412 g/mol. The Bertz CT molecular complexity index is 1260. The summed E-state index contributed by atoms with van der Waals surface area (Å²) in [5.74, 6) is 0.295. The van der Waals surface area contributed by atoms with Crippen molar-refractivity contribution in [2.75, 3.05) is 11.9 Å². The van der Waals surface area contributed by atoms with Crippen LogP contribution in [0.5, 0.6) is 5.75 Å². The van der Waals surface area contributed by atoms with Gasteiger partial charge in [0, 0.05) is 11.4 Å². The van der Waals surface area contributed by atoms with Crippen molar-refractivity contribution in [3.05, 3.63) is 107 Å². The molecule has 0 bridgehead atoms. The maximum Gasteiger partial charge on any atom is 0.261 e. The number of aromatic nitrogens is 1. The number of hydrogen-bond acceptors (Lipinski definition) is 3. The fourth-order valence-corrected chi connectivity index (χ4v) is 3.46. The first-order valence-corrected chi connectivity index (χ1v) is 11.1. The molecule has 4 aromatic rings. The van der Waals surface area contributed by atoms with Crippen molar-refractivity contribution < 1.29 is 9.53 Å². The van der Waals surface area contributed by atoms with E-state index in [0.29, 0.717) is 18.0 Å². The van der Waals surface area contributed by atoms with Gasteiger partial charge in [-0.25, -0.2) is 0 Å². The maximum atomic E-state index is 12.6. The lowest BCUT2D eigenvalue weighted by Crippen LogP contribution is -2.23. The van der Waals surface area contributed by atoms with E-state index in [9.17, 15) is 9.59 Å². The van der Waals surface area contributed by atoms with Gasteiger partial charge in [-0.15, -0.1) is 0 Å². The molecule has 0 atom stereocenters. The molecule has 0 saturated heterocycles. The van der Waals surface area contributed by atoms with Gasteiger partial charge in [-0.1, -0.05) is 67.9 Å². The quantitative estimate of drug-likeness (QED) is 0.325. The summed E-state index contributed by atoms with van der Waals surface area (Å²) in [4.78, 5) is 28.0. The summed E-state index contributed by atoms with van der Waals surface area (Å²) in [7, 11) is 0. The molecule has 0 aliphatic rings. The third-order valence-electron chi connectivity index (χ3n) is 5.34. The number of hydrogen-bond donors (Lipinski definition) is 2. The van der Waals surface area contributed by atoms with E-state index in [-0.39, 0.29) is 5.56 Å². The van der Waals surface area contributed by atoms with Crippen molar-refractivity contribution in [2.45, 2.75) is 19.8 Å². The highest BCUT2D eigenvalue weighted by Gasteiger charge is 2.12. The number of pyridine rings is 1. The Labute approximate surface area is 193 Å². The third kappa shape index (κ3) is 5.57. The lowest BCUT2D eigenvalue weighted by atomic mass is 10.0. The van der Waals surface area contributed by atoms with Gasteiger partial charge in [0.2, 0.25) is 0 Å². The molecule has 1 heterocycles. The van der Waals surface area contributed by atoms with Gasteiger partial charge in [0.25, 0.3) is 11.5 Å². The Kier molecular flexibility index (Phi) is 7.00. The van der Waals surface area contributed by atoms with Crippen molar-refractivity contribution in [2.24, 2.45) is 0 Å². The average Bonchev–Trinajstić information content (AvgIpc) is 2.86. The highest BCUT2D eigenvalue weighted by Crippen LogP contribution is 2.23. The summed E-state index contributed by atoms with van der Waals surface area (Å²) < 4.78 is 5.63. The van der Waals surface area contributed by atoms with Gasteiger partial charge in [0.05, 0.1) is 6.61 Å². The molecule has 1 aromatic heterocycles. The molecule has 5 nitrogen and oxygen atoms in total. The SMILES string of the molecule is CCCCOc1ccc(NC(=O)c2ccc(-c3ccc(-c4ccccc4)cc3)[nH]c2=O)cc1. The predicted octanol–water partition coefficient (Wildman–Crippen LogP) is 6.14. The number of benzene rings is 3. The highest BCUT2D eigenvalue weighted by atomic mass is 16.5. The van der Waals surface area contributed by atoms with Crippen LogP contribution in [0, 0.1) is 0 Å². The molecule has 0 saturated carbocycles. The van der Waals surface area contributed by atoms with Crippen molar-refractivity contribution in [1.29, 1.82) is 0 Å². The van der Waals surface area contributed by atoms with Gasteiger partial charge >= 0.3 is 0 Å². The largest absolute Gasteiger partial charge is 0.494 e. The zero-order chi connectivity index (χ0) is 23.0. The predicted molar refractivity (Wildman–Crippen MR) is 133 cm³/mol. The molecular formula is C28H26N2O3. The first-order chi connectivity index (χ1) is 16.1. The van der Waals surface area contributed by atoms with Crippen LogP contribution >= 0.6 is 0 Å². The monoisotopic (exact) mass is 438 g/mol. The number of unbranched alkanes of at least 4 members (excludes halogenated alkanes) is 1. The summed E-state index contributed by atoms with van der Waals surface area (Å²) >= 11 is 0. The third-order valence-corrected chi connectivity index (χ3v) is 5.34. The lowest BCUT2D eigenvalue weighted by molar-refractivity contribution is 0.102. The molecule has 4 rings (SSSR count). The van der Waals surface area contributed by atoms with Crippen LogP contribution in [0.4, 0.5) is 5.69 Å². The standard InChI is InChI=1S/C28H26N2O3/c1-2-3-19-33-24-15-13-23(14-16-24)29-27(31)25-17-18-26(30-28(25)32)22-11-9-21(10-12-22)20-7-5-4-6-8-20/h4-18H,2-3,19H2,1H3,(H,29,31)(H,30,32). The fourth-order valence-electron chi connectivity index (χ4n) is 3.46. The Morgan fingerprint density at radius 3 is 2.15 bits per heavy atom. The number of H-pyrrole nitrogens is 1. The van der Waals surface area contributed by atoms with Crippen LogP contribution in [0.25, 0.3) is 22.4 Å². The van der Waals surface area contributed by atoms with E-state index in [4.69, 9.17) is 4.74 Å². The van der Waals surface area contributed by atoms with Gasteiger partial charge in [-0.05, 0) is 59.5 Å². The topological polar surface area (TPSA) is 71.2 Å². The molecule has 0 unspecified atom stereocenters. The van der Waals surface area contributed by atoms with Crippen molar-refractivity contribution >= 4 is 11.6 Å². The minimum absolute atomic E-state index is 0.0583. The Morgan fingerprint density at radius 2 is 1.48 bits per heavy atom. The van der Waals surface area contributed by atoms with Crippen molar-refractivity contribution in [3.8, 4) is 28.1 Å². The van der Waals surface area contributed by atoms with Gasteiger partial charge in [-0.2, -0.15) is 0 Å².